The van der Waals surface area contributed by atoms with Crippen molar-refractivity contribution in [2.24, 2.45) is 0 Å². The number of carboxylic acids is 1. The van der Waals surface area contributed by atoms with Gasteiger partial charge in [0.05, 0.1) is 16.6 Å². The van der Waals surface area contributed by atoms with Crippen LogP contribution in [-0.2, 0) is 0 Å². The van der Waals surface area contributed by atoms with Gasteiger partial charge in [0.25, 0.3) is 0 Å². The predicted molar refractivity (Wildman–Crippen MR) is 139 cm³/mol. The number of carbonyl (C=O) groups is 1. The lowest BCUT2D eigenvalue weighted by Crippen LogP contribution is -2.34. The van der Waals surface area contributed by atoms with Gasteiger partial charge in [0, 0.05) is 23.7 Å². The molecule has 0 spiro atoms. The molecule has 0 bridgehead atoms. The van der Waals surface area contributed by atoms with Crippen LogP contribution >= 0.6 is 11.6 Å². The van der Waals surface area contributed by atoms with Gasteiger partial charge in [-0.1, -0.05) is 37.6 Å². The molecule has 1 fully saturated rings. The summed E-state index contributed by atoms with van der Waals surface area (Å²) in [6.45, 7) is 5.60. The SMILES string of the molecule is CC.O=C(O)c1ccc2nc(N3CCC(c4ccc(Cl)cc4)CC3)c(-c3ccc(F)cc3)nc2c1. The lowest BCUT2D eigenvalue weighted by molar-refractivity contribution is 0.0697. The Morgan fingerprint density at radius 2 is 1.60 bits per heavy atom. The fraction of sp³-hybridized carbons (Fsp3) is 0.250. The van der Waals surface area contributed by atoms with Gasteiger partial charge in [-0.2, -0.15) is 0 Å². The fourth-order valence-corrected chi connectivity index (χ4v) is 4.49. The molecule has 1 aliphatic rings. The Hall–Kier alpha value is -3.51. The van der Waals surface area contributed by atoms with Crippen molar-refractivity contribution in [3.8, 4) is 11.3 Å². The van der Waals surface area contributed by atoms with Gasteiger partial charge in [0.1, 0.15) is 11.5 Å². The van der Waals surface area contributed by atoms with Crippen LogP contribution in [0.2, 0.25) is 5.02 Å². The summed E-state index contributed by atoms with van der Waals surface area (Å²) in [5, 5.41) is 10.1. The second-order valence-electron chi connectivity index (χ2n) is 8.22. The van der Waals surface area contributed by atoms with E-state index in [-0.39, 0.29) is 11.4 Å². The molecule has 1 aromatic heterocycles. The van der Waals surface area contributed by atoms with E-state index in [0.29, 0.717) is 22.6 Å². The van der Waals surface area contributed by atoms with Crippen LogP contribution in [-0.4, -0.2) is 34.1 Å². The van der Waals surface area contributed by atoms with Crippen molar-refractivity contribution in [2.45, 2.75) is 32.6 Å². The topological polar surface area (TPSA) is 66.3 Å². The van der Waals surface area contributed by atoms with Crippen molar-refractivity contribution in [1.82, 2.24) is 9.97 Å². The zero-order valence-corrected chi connectivity index (χ0v) is 20.5. The number of aromatic carboxylic acids is 1. The molecular formula is C28H27ClFN3O2. The van der Waals surface area contributed by atoms with Gasteiger partial charge in [-0.3, -0.25) is 0 Å². The maximum atomic E-state index is 13.6. The molecule has 5 rings (SSSR count). The summed E-state index contributed by atoms with van der Waals surface area (Å²) in [7, 11) is 0. The summed E-state index contributed by atoms with van der Waals surface area (Å²) in [6, 6.07) is 18.9. The molecule has 1 saturated heterocycles. The highest BCUT2D eigenvalue weighted by atomic mass is 35.5. The molecule has 0 amide bonds. The van der Waals surface area contributed by atoms with Gasteiger partial charge < -0.3 is 10.0 Å². The molecule has 0 unspecified atom stereocenters. The minimum atomic E-state index is -1.02. The number of nitrogens with zero attached hydrogens (tertiary/aromatic N) is 3. The van der Waals surface area contributed by atoms with Crippen molar-refractivity contribution in [3.63, 3.8) is 0 Å². The quantitative estimate of drug-likeness (QED) is 0.327. The Balaban J connectivity index is 0.00000141. The largest absolute Gasteiger partial charge is 0.478 e. The summed E-state index contributed by atoms with van der Waals surface area (Å²) < 4.78 is 13.6. The number of rotatable bonds is 4. The lowest BCUT2D eigenvalue weighted by Gasteiger charge is -2.34. The van der Waals surface area contributed by atoms with Gasteiger partial charge >= 0.3 is 5.97 Å². The summed E-state index contributed by atoms with van der Waals surface area (Å²) in [5.74, 6) is -0.174. The summed E-state index contributed by atoms with van der Waals surface area (Å²) >= 11 is 6.03. The van der Waals surface area contributed by atoms with E-state index < -0.39 is 5.97 Å². The first-order chi connectivity index (χ1) is 17.0. The third-order valence-corrected chi connectivity index (χ3v) is 6.40. The first kappa shape index (κ1) is 24.6. The maximum absolute atomic E-state index is 13.6. The van der Waals surface area contributed by atoms with E-state index in [1.807, 2.05) is 26.0 Å². The second kappa shape index (κ2) is 10.8. The number of anilines is 1. The fourth-order valence-electron chi connectivity index (χ4n) is 4.36. The zero-order valence-electron chi connectivity index (χ0n) is 19.7. The first-order valence-corrected chi connectivity index (χ1v) is 12.2. The average Bonchev–Trinajstić information content (AvgIpc) is 2.90. The normalized spacial score (nSPS) is 13.9. The number of carboxylic acid groups (broad SMARTS) is 1. The van der Waals surface area contributed by atoms with Crippen molar-refractivity contribution in [2.75, 3.05) is 18.0 Å². The molecular weight excluding hydrogens is 465 g/mol. The van der Waals surface area contributed by atoms with Gasteiger partial charge in [0.2, 0.25) is 0 Å². The van der Waals surface area contributed by atoms with Crippen molar-refractivity contribution >= 4 is 34.4 Å². The lowest BCUT2D eigenvalue weighted by atomic mass is 9.89. The number of fused-ring (bicyclic) bond motifs is 1. The maximum Gasteiger partial charge on any atom is 0.335 e. The average molecular weight is 492 g/mol. The molecule has 7 heteroatoms. The second-order valence-corrected chi connectivity index (χ2v) is 8.66. The molecule has 5 nitrogen and oxygen atoms in total. The molecule has 0 atom stereocenters. The summed E-state index contributed by atoms with van der Waals surface area (Å²) in [6.07, 6.45) is 1.92. The number of aromatic nitrogens is 2. The smallest absolute Gasteiger partial charge is 0.335 e. The Labute approximate surface area is 209 Å². The molecule has 35 heavy (non-hydrogen) atoms. The molecule has 1 N–H and O–H groups in total. The minimum absolute atomic E-state index is 0.151. The monoisotopic (exact) mass is 491 g/mol. The van der Waals surface area contributed by atoms with Crippen molar-refractivity contribution in [3.05, 3.63) is 88.7 Å². The van der Waals surface area contributed by atoms with Crippen LogP contribution in [0.4, 0.5) is 10.2 Å². The zero-order chi connectivity index (χ0) is 24.9. The molecule has 0 aliphatic carbocycles. The highest BCUT2D eigenvalue weighted by Gasteiger charge is 2.25. The van der Waals surface area contributed by atoms with Crippen LogP contribution in [0.3, 0.4) is 0 Å². The summed E-state index contributed by atoms with van der Waals surface area (Å²) in [4.78, 5) is 23.3. The Morgan fingerprint density at radius 3 is 2.23 bits per heavy atom. The molecule has 0 radical (unpaired) electrons. The van der Waals surface area contributed by atoms with E-state index in [4.69, 9.17) is 21.6 Å². The van der Waals surface area contributed by atoms with Crippen LogP contribution in [0.5, 0.6) is 0 Å². The molecule has 4 aromatic rings. The van der Waals surface area contributed by atoms with Crippen LogP contribution < -0.4 is 4.90 Å². The van der Waals surface area contributed by atoms with E-state index >= 15 is 0 Å². The third kappa shape index (κ3) is 5.43. The minimum Gasteiger partial charge on any atom is -0.478 e. The summed E-state index contributed by atoms with van der Waals surface area (Å²) in [5.41, 5.74) is 3.91. The van der Waals surface area contributed by atoms with Crippen LogP contribution in [0.15, 0.2) is 66.7 Å². The number of piperidine rings is 1. The third-order valence-electron chi connectivity index (χ3n) is 6.15. The number of benzene rings is 3. The Bertz CT molecular complexity index is 1320. The molecule has 2 heterocycles. The van der Waals surface area contributed by atoms with Crippen molar-refractivity contribution < 1.29 is 14.3 Å². The highest BCUT2D eigenvalue weighted by molar-refractivity contribution is 6.30. The standard InChI is InChI=1S/C26H21ClFN3O2.C2H6/c27-20-6-1-16(2-7-20)17-11-13-31(14-12-17)25-24(18-3-8-21(28)9-4-18)29-23-15-19(26(32)33)5-10-22(23)30-25;1-2/h1-10,15,17H,11-14H2,(H,32,33);1-2H3. The van der Waals surface area contributed by atoms with Crippen LogP contribution in [0.25, 0.3) is 22.3 Å². The molecule has 1 aliphatic heterocycles. The van der Waals surface area contributed by atoms with E-state index in [1.54, 1.807) is 18.2 Å². The highest BCUT2D eigenvalue weighted by Crippen LogP contribution is 2.35. The molecule has 0 saturated carbocycles. The predicted octanol–water partition coefficient (Wildman–Crippen LogP) is 7.20. The van der Waals surface area contributed by atoms with Crippen LogP contribution in [0, 0.1) is 5.82 Å². The van der Waals surface area contributed by atoms with Gasteiger partial charge in [0.15, 0.2) is 5.82 Å². The first-order valence-electron chi connectivity index (χ1n) is 11.8. The number of hydrogen-bond acceptors (Lipinski definition) is 4. The van der Waals surface area contributed by atoms with Crippen LogP contribution in [0.1, 0.15) is 48.5 Å². The number of halogens is 2. The van der Waals surface area contributed by atoms with Gasteiger partial charge in [-0.15, -0.1) is 0 Å². The van der Waals surface area contributed by atoms with E-state index in [2.05, 4.69) is 17.0 Å². The number of hydrogen-bond donors (Lipinski definition) is 1. The van der Waals surface area contributed by atoms with Gasteiger partial charge in [-0.05, 0) is 78.9 Å². The molecule has 180 valence electrons. The van der Waals surface area contributed by atoms with E-state index in [1.165, 1.54) is 29.8 Å². The Kier molecular flexibility index (Phi) is 7.61. The Morgan fingerprint density at radius 1 is 0.943 bits per heavy atom. The van der Waals surface area contributed by atoms with E-state index in [0.717, 1.165) is 42.3 Å². The molecule has 3 aromatic carbocycles. The van der Waals surface area contributed by atoms with Gasteiger partial charge in [-0.25, -0.2) is 19.2 Å². The van der Waals surface area contributed by atoms with Crippen molar-refractivity contribution in [1.29, 1.82) is 0 Å². The van der Waals surface area contributed by atoms with E-state index in [9.17, 15) is 14.3 Å².